The molecule has 2 aromatic carbocycles. The standard InChI is InChI=1S/C22H25N3O/c26-22-21-10-5-4-7-19(21)11-14-25(22)13-6-12-23-15-17-24(18-16-23)20-8-2-1-3-9-20/h1-5,7-11,14H,6,12-13,15-18H2. The topological polar surface area (TPSA) is 28.5 Å². The Bertz CT molecular complexity index is 911. The monoisotopic (exact) mass is 347 g/mol. The van der Waals surface area contributed by atoms with Crippen molar-refractivity contribution >= 4 is 16.5 Å². The van der Waals surface area contributed by atoms with Gasteiger partial charge in [-0.1, -0.05) is 36.4 Å². The molecule has 0 aliphatic carbocycles. The quantitative estimate of drug-likeness (QED) is 0.709. The first-order valence-corrected chi connectivity index (χ1v) is 9.42. The van der Waals surface area contributed by atoms with Crippen molar-refractivity contribution in [1.82, 2.24) is 9.47 Å². The largest absolute Gasteiger partial charge is 0.369 e. The summed E-state index contributed by atoms with van der Waals surface area (Å²) in [6.45, 7) is 6.13. The number of rotatable bonds is 5. The molecule has 4 nitrogen and oxygen atoms in total. The molecule has 0 bridgehead atoms. The van der Waals surface area contributed by atoms with Crippen molar-refractivity contribution in [3.63, 3.8) is 0 Å². The molecule has 1 aliphatic heterocycles. The summed E-state index contributed by atoms with van der Waals surface area (Å²) >= 11 is 0. The fourth-order valence-corrected chi connectivity index (χ4v) is 3.74. The molecule has 1 saturated heterocycles. The van der Waals surface area contributed by atoms with Crippen LogP contribution in [-0.2, 0) is 6.54 Å². The number of nitrogens with zero attached hydrogens (tertiary/aromatic N) is 3. The number of hydrogen-bond acceptors (Lipinski definition) is 3. The Morgan fingerprint density at radius 1 is 0.769 bits per heavy atom. The Labute approximate surface area is 154 Å². The third-order valence-corrected chi connectivity index (χ3v) is 5.25. The average molecular weight is 347 g/mol. The second-order valence-corrected chi connectivity index (χ2v) is 6.92. The Kier molecular flexibility index (Phi) is 5.02. The van der Waals surface area contributed by atoms with Gasteiger partial charge in [0, 0.05) is 50.0 Å². The van der Waals surface area contributed by atoms with E-state index < -0.39 is 0 Å². The number of anilines is 1. The van der Waals surface area contributed by atoms with Crippen LogP contribution in [0.4, 0.5) is 5.69 Å². The summed E-state index contributed by atoms with van der Waals surface area (Å²) in [4.78, 5) is 17.5. The number of para-hydroxylation sites is 1. The molecule has 0 spiro atoms. The van der Waals surface area contributed by atoms with Crippen LogP contribution in [-0.4, -0.2) is 42.2 Å². The van der Waals surface area contributed by atoms with Gasteiger partial charge in [0.1, 0.15) is 0 Å². The van der Waals surface area contributed by atoms with E-state index in [0.717, 1.165) is 56.5 Å². The third kappa shape index (κ3) is 3.65. The lowest BCUT2D eigenvalue weighted by molar-refractivity contribution is 0.250. The lowest BCUT2D eigenvalue weighted by Gasteiger charge is -2.36. The molecule has 0 N–H and O–H groups in total. The summed E-state index contributed by atoms with van der Waals surface area (Å²) in [5, 5.41) is 1.83. The van der Waals surface area contributed by atoms with Gasteiger partial charge in [-0.15, -0.1) is 0 Å². The van der Waals surface area contributed by atoms with Crippen LogP contribution >= 0.6 is 0 Å². The summed E-state index contributed by atoms with van der Waals surface area (Å²) in [6, 6.07) is 20.5. The molecule has 3 aromatic rings. The maximum absolute atomic E-state index is 12.6. The second kappa shape index (κ2) is 7.75. The van der Waals surface area contributed by atoms with Gasteiger partial charge in [-0.05, 0) is 42.6 Å². The minimum Gasteiger partial charge on any atom is -0.369 e. The second-order valence-electron chi connectivity index (χ2n) is 6.92. The number of hydrogen-bond donors (Lipinski definition) is 0. The number of benzene rings is 2. The molecule has 26 heavy (non-hydrogen) atoms. The highest BCUT2D eigenvalue weighted by Gasteiger charge is 2.16. The summed E-state index contributed by atoms with van der Waals surface area (Å²) in [5.41, 5.74) is 1.44. The fraction of sp³-hybridized carbons (Fsp3) is 0.318. The first-order valence-electron chi connectivity index (χ1n) is 9.42. The number of aromatic nitrogens is 1. The van der Waals surface area contributed by atoms with Crippen molar-refractivity contribution in [1.29, 1.82) is 0 Å². The third-order valence-electron chi connectivity index (χ3n) is 5.25. The van der Waals surface area contributed by atoms with Gasteiger partial charge in [0.05, 0.1) is 0 Å². The fourth-order valence-electron chi connectivity index (χ4n) is 3.74. The van der Waals surface area contributed by atoms with Crippen molar-refractivity contribution in [2.75, 3.05) is 37.6 Å². The Morgan fingerprint density at radius 2 is 1.50 bits per heavy atom. The maximum atomic E-state index is 12.6. The van der Waals surface area contributed by atoms with E-state index in [4.69, 9.17) is 0 Å². The minimum absolute atomic E-state index is 0.122. The number of fused-ring (bicyclic) bond motifs is 1. The Balaban J connectivity index is 1.29. The predicted octanol–water partition coefficient (Wildman–Crippen LogP) is 3.21. The van der Waals surface area contributed by atoms with Crippen molar-refractivity contribution in [2.24, 2.45) is 0 Å². The van der Waals surface area contributed by atoms with Gasteiger partial charge in [0.2, 0.25) is 0 Å². The highest BCUT2D eigenvalue weighted by Crippen LogP contribution is 2.15. The molecule has 4 heteroatoms. The average Bonchev–Trinajstić information content (AvgIpc) is 2.71. The van der Waals surface area contributed by atoms with Crippen LogP contribution in [0.15, 0.2) is 71.7 Å². The molecule has 2 heterocycles. The van der Waals surface area contributed by atoms with E-state index in [1.807, 2.05) is 41.1 Å². The lowest BCUT2D eigenvalue weighted by Crippen LogP contribution is -2.46. The van der Waals surface area contributed by atoms with Gasteiger partial charge >= 0.3 is 0 Å². The summed E-state index contributed by atoms with van der Waals surface area (Å²) < 4.78 is 1.85. The van der Waals surface area contributed by atoms with Gasteiger partial charge in [-0.3, -0.25) is 9.69 Å². The molecule has 0 radical (unpaired) electrons. The first kappa shape index (κ1) is 16.9. The predicted molar refractivity (Wildman–Crippen MR) is 108 cm³/mol. The van der Waals surface area contributed by atoms with Crippen molar-refractivity contribution < 1.29 is 0 Å². The van der Waals surface area contributed by atoms with Gasteiger partial charge in [0.15, 0.2) is 0 Å². The molecule has 134 valence electrons. The van der Waals surface area contributed by atoms with E-state index in [0.29, 0.717) is 0 Å². The van der Waals surface area contributed by atoms with E-state index in [1.165, 1.54) is 5.69 Å². The van der Waals surface area contributed by atoms with Crippen LogP contribution in [0.1, 0.15) is 6.42 Å². The molecule has 1 aliphatic rings. The van der Waals surface area contributed by atoms with Crippen LogP contribution in [0.2, 0.25) is 0 Å². The molecular weight excluding hydrogens is 322 g/mol. The first-order chi connectivity index (χ1) is 12.8. The van der Waals surface area contributed by atoms with Crippen LogP contribution < -0.4 is 10.5 Å². The number of aryl methyl sites for hydroxylation is 1. The molecule has 1 aromatic heterocycles. The van der Waals surface area contributed by atoms with Crippen LogP contribution in [0.5, 0.6) is 0 Å². The number of pyridine rings is 1. The SMILES string of the molecule is O=c1c2ccccc2ccn1CCCN1CCN(c2ccccc2)CC1. The minimum atomic E-state index is 0.122. The summed E-state index contributed by atoms with van der Waals surface area (Å²) in [7, 11) is 0. The molecule has 0 atom stereocenters. The molecule has 4 rings (SSSR count). The van der Waals surface area contributed by atoms with E-state index in [9.17, 15) is 4.79 Å². The number of piperazine rings is 1. The zero-order valence-corrected chi connectivity index (χ0v) is 15.1. The Hall–Kier alpha value is -2.59. The van der Waals surface area contributed by atoms with E-state index in [-0.39, 0.29) is 5.56 Å². The molecule has 0 unspecified atom stereocenters. The van der Waals surface area contributed by atoms with Gasteiger partial charge < -0.3 is 9.47 Å². The van der Waals surface area contributed by atoms with Gasteiger partial charge in [0.25, 0.3) is 5.56 Å². The molecule has 0 amide bonds. The van der Waals surface area contributed by atoms with E-state index >= 15 is 0 Å². The normalized spacial score (nSPS) is 15.5. The van der Waals surface area contributed by atoms with Crippen molar-refractivity contribution in [3.05, 3.63) is 77.2 Å². The Morgan fingerprint density at radius 3 is 2.31 bits per heavy atom. The van der Waals surface area contributed by atoms with Gasteiger partial charge in [-0.25, -0.2) is 0 Å². The maximum Gasteiger partial charge on any atom is 0.258 e. The van der Waals surface area contributed by atoms with E-state index in [2.05, 4.69) is 40.1 Å². The summed E-state index contributed by atoms with van der Waals surface area (Å²) in [6.07, 6.45) is 2.93. The van der Waals surface area contributed by atoms with E-state index in [1.54, 1.807) is 0 Å². The molecule has 1 fully saturated rings. The van der Waals surface area contributed by atoms with Crippen LogP contribution in [0.3, 0.4) is 0 Å². The van der Waals surface area contributed by atoms with Crippen molar-refractivity contribution in [3.8, 4) is 0 Å². The lowest BCUT2D eigenvalue weighted by atomic mass is 10.2. The summed E-state index contributed by atoms with van der Waals surface area (Å²) in [5.74, 6) is 0. The van der Waals surface area contributed by atoms with Crippen molar-refractivity contribution in [2.45, 2.75) is 13.0 Å². The molecule has 0 saturated carbocycles. The van der Waals surface area contributed by atoms with Gasteiger partial charge in [-0.2, -0.15) is 0 Å². The van der Waals surface area contributed by atoms with Crippen LogP contribution in [0, 0.1) is 0 Å². The van der Waals surface area contributed by atoms with Crippen LogP contribution in [0.25, 0.3) is 10.8 Å². The zero-order valence-electron chi connectivity index (χ0n) is 15.1. The molecular formula is C22H25N3O. The smallest absolute Gasteiger partial charge is 0.258 e. The highest BCUT2D eigenvalue weighted by molar-refractivity contribution is 5.81. The zero-order chi connectivity index (χ0) is 17.8. The highest BCUT2D eigenvalue weighted by atomic mass is 16.1.